The molecule has 1 aliphatic heterocycles. The van der Waals surface area contributed by atoms with Crippen LogP contribution in [-0.2, 0) is 6.54 Å². The van der Waals surface area contributed by atoms with E-state index >= 15 is 0 Å². The van der Waals surface area contributed by atoms with Gasteiger partial charge < -0.3 is 11.1 Å². The molecule has 1 atom stereocenters. The van der Waals surface area contributed by atoms with E-state index in [-0.39, 0.29) is 41.2 Å². The lowest BCUT2D eigenvalue weighted by atomic mass is 10.0. The van der Waals surface area contributed by atoms with Crippen LogP contribution in [0.2, 0.25) is 0 Å². The highest BCUT2D eigenvalue weighted by atomic mass is 19.4. The smallest absolute Gasteiger partial charge is 0.365 e. The number of nitrogens with two attached hydrogens (primary N) is 1. The average Bonchev–Trinajstić information content (AvgIpc) is 2.90. The van der Waals surface area contributed by atoms with E-state index < -0.39 is 24.0 Å². The van der Waals surface area contributed by atoms with Crippen LogP contribution in [0.15, 0.2) is 30.1 Å². The van der Waals surface area contributed by atoms with Gasteiger partial charge in [-0.1, -0.05) is 12.7 Å². The maximum atomic E-state index is 13.3. The largest absolute Gasteiger partial charge is 0.412 e. The van der Waals surface area contributed by atoms with Gasteiger partial charge in [0.2, 0.25) is 0 Å². The van der Waals surface area contributed by atoms with Gasteiger partial charge in [-0.25, -0.2) is 4.39 Å². The summed E-state index contributed by atoms with van der Waals surface area (Å²) in [5, 5.41) is 6.59. The second-order valence-electron chi connectivity index (χ2n) is 5.69. The van der Waals surface area contributed by atoms with Crippen molar-refractivity contribution in [1.82, 2.24) is 15.1 Å². The fourth-order valence-corrected chi connectivity index (χ4v) is 2.58. The molecule has 0 saturated carbocycles. The third kappa shape index (κ3) is 3.65. The van der Waals surface area contributed by atoms with Crippen molar-refractivity contribution in [2.24, 2.45) is 5.73 Å². The fraction of sp³-hybridized carbons (Fsp3) is 0.375. The van der Waals surface area contributed by atoms with Gasteiger partial charge in [0.1, 0.15) is 5.69 Å². The van der Waals surface area contributed by atoms with Crippen molar-refractivity contribution in [2.75, 3.05) is 6.54 Å². The van der Waals surface area contributed by atoms with Gasteiger partial charge in [-0.05, 0) is 25.5 Å². The molecule has 2 heterocycles. The van der Waals surface area contributed by atoms with Gasteiger partial charge in [-0.3, -0.25) is 9.48 Å². The monoisotopic (exact) mass is 358 g/mol. The first kappa shape index (κ1) is 18.9. The number of nitrogens with zero attached hydrogens (tertiary/aromatic N) is 2. The highest BCUT2D eigenvalue weighted by Gasteiger charge is 2.45. The minimum Gasteiger partial charge on any atom is -0.365 e. The van der Waals surface area contributed by atoms with Crippen molar-refractivity contribution >= 4 is 11.5 Å². The quantitative estimate of drug-likeness (QED) is 0.642. The Bertz CT molecular complexity index is 770. The summed E-state index contributed by atoms with van der Waals surface area (Å²) in [6, 6.07) is -1.92. The molecule has 9 heteroatoms. The average molecular weight is 358 g/mol. The first-order valence-electron chi connectivity index (χ1n) is 7.44. The molecule has 1 aromatic heterocycles. The van der Waals surface area contributed by atoms with Crippen molar-refractivity contribution < 1.29 is 22.4 Å². The predicted octanol–water partition coefficient (Wildman–Crippen LogP) is 3.02. The summed E-state index contributed by atoms with van der Waals surface area (Å²) >= 11 is 0. The summed E-state index contributed by atoms with van der Waals surface area (Å²) in [5.41, 5.74) is 5.69. The Kier molecular flexibility index (Phi) is 5.17. The van der Waals surface area contributed by atoms with Gasteiger partial charge in [0, 0.05) is 18.7 Å². The molecule has 0 radical (unpaired) electrons. The van der Waals surface area contributed by atoms with Crippen LogP contribution in [0.4, 0.5) is 17.6 Å². The molecule has 1 unspecified atom stereocenters. The third-order valence-corrected chi connectivity index (χ3v) is 3.97. The Hall–Kier alpha value is -2.42. The molecule has 1 aliphatic rings. The number of primary amides is 1. The number of amides is 1. The topological polar surface area (TPSA) is 72.9 Å². The SMILES string of the molecule is C=C/C(=C\C(C)=C(/C)F)c1nn2c(c1C(N)=O)CNCC2C(F)(F)F. The summed E-state index contributed by atoms with van der Waals surface area (Å²) in [4.78, 5) is 11.9. The fourth-order valence-electron chi connectivity index (χ4n) is 2.58. The van der Waals surface area contributed by atoms with Crippen molar-refractivity contribution in [1.29, 1.82) is 0 Å². The van der Waals surface area contributed by atoms with Gasteiger partial charge in [-0.2, -0.15) is 18.3 Å². The molecular weight excluding hydrogens is 340 g/mol. The maximum absolute atomic E-state index is 13.3. The van der Waals surface area contributed by atoms with E-state index in [2.05, 4.69) is 17.0 Å². The molecule has 3 N–H and O–H groups in total. The molecule has 25 heavy (non-hydrogen) atoms. The third-order valence-electron chi connectivity index (χ3n) is 3.97. The Labute approximate surface area is 141 Å². The summed E-state index contributed by atoms with van der Waals surface area (Å²) < 4.78 is 53.9. The molecule has 0 aromatic carbocycles. The molecule has 5 nitrogen and oxygen atoms in total. The zero-order valence-corrected chi connectivity index (χ0v) is 13.7. The predicted molar refractivity (Wildman–Crippen MR) is 85.2 cm³/mol. The normalized spacial score (nSPS) is 19.3. The lowest BCUT2D eigenvalue weighted by molar-refractivity contribution is -0.171. The highest BCUT2D eigenvalue weighted by Crippen LogP contribution is 2.35. The number of aromatic nitrogens is 2. The van der Waals surface area contributed by atoms with Crippen LogP contribution in [-0.4, -0.2) is 28.4 Å². The van der Waals surface area contributed by atoms with Crippen LogP contribution in [0.25, 0.3) is 5.57 Å². The number of carbonyl (C=O) groups is 1. The van der Waals surface area contributed by atoms with Gasteiger partial charge >= 0.3 is 6.18 Å². The minimum absolute atomic E-state index is 0.0131. The molecule has 136 valence electrons. The zero-order valence-electron chi connectivity index (χ0n) is 13.7. The number of nitrogens with one attached hydrogen (secondary N) is 1. The Balaban J connectivity index is 2.72. The molecule has 0 aliphatic carbocycles. The van der Waals surface area contributed by atoms with Crippen LogP contribution >= 0.6 is 0 Å². The number of halogens is 4. The van der Waals surface area contributed by atoms with E-state index in [0.717, 1.165) is 4.68 Å². The summed E-state index contributed by atoms with van der Waals surface area (Å²) in [6.45, 7) is 5.94. The second kappa shape index (κ2) is 6.83. The van der Waals surface area contributed by atoms with E-state index in [9.17, 15) is 22.4 Å². The lowest BCUT2D eigenvalue weighted by Gasteiger charge is -2.27. The Morgan fingerprint density at radius 2 is 2.08 bits per heavy atom. The Morgan fingerprint density at radius 3 is 2.56 bits per heavy atom. The van der Waals surface area contributed by atoms with Crippen LogP contribution in [0.3, 0.4) is 0 Å². The summed E-state index contributed by atoms with van der Waals surface area (Å²) in [5.74, 6) is -1.38. The first-order valence-corrected chi connectivity index (χ1v) is 7.44. The number of carbonyl (C=O) groups excluding carboxylic acids is 1. The van der Waals surface area contributed by atoms with Crippen LogP contribution in [0.5, 0.6) is 0 Å². The standard InChI is InChI=1S/C16H18F4N4O/c1-4-10(5-8(2)9(3)17)14-13(15(21)25)11-6-22-7-12(16(18,19)20)24(11)23-14/h4-5,12,22H,1,6-7H2,2-3H3,(H2,21,25)/b9-8+,10-5+. The van der Waals surface area contributed by atoms with E-state index in [0.29, 0.717) is 0 Å². The van der Waals surface area contributed by atoms with Crippen LogP contribution in [0, 0.1) is 0 Å². The lowest BCUT2D eigenvalue weighted by Crippen LogP contribution is -2.42. The summed E-state index contributed by atoms with van der Waals surface area (Å²) in [6.07, 6.45) is -1.90. The van der Waals surface area contributed by atoms with Crippen molar-refractivity contribution in [3.05, 3.63) is 47.1 Å². The first-order chi connectivity index (χ1) is 11.6. The molecule has 1 amide bonds. The van der Waals surface area contributed by atoms with E-state index in [1.807, 2.05) is 0 Å². The maximum Gasteiger partial charge on any atom is 0.412 e. The van der Waals surface area contributed by atoms with E-state index in [1.54, 1.807) is 0 Å². The number of rotatable bonds is 4. The number of allylic oxidation sites excluding steroid dienone is 5. The van der Waals surface area contributed by atoms with Gasteiger partial charge in [0.15, 0.2) is 6.04 Å². The van der Waals surface area contributed by atoms with Gasteiger partial charge in [0.05, 0.1) is 17.1 Å². The zero-order chi connectivity index (χ0) is 18.9. The molecule has 1 aromatic rings. The van der Waals surface area contributed by atoms with Crippen LogP contribution < -0.4 is 11.1 Å². The molecule has 2 rings (SSSR count). The van der Waals surface area contributed by atoms with Crippen LogP contribution in [0.1, 0.15) is 41.6 Å². The number of hydrogen-bond donors (Lipinski definition) is 2. The molecular formula is C16H18F4N4O. The van der Waals surface area contributed by atoms with E-state index in [1.165, 1.54) is 26.0 Å². The Morgan fingerprint density at radius 1 is 1.44 bits per heavy atom. The van der Waals surface area contributed by atoms with Crippen molar-refractivity contribution in [3.8, 4) is 0 Å². The molecule has 0 bridgehead atoms. The molecule has 0 spiro atoms. The number of fused-ring (bicyclic) bond motifs is 1. The van der Waals surface area contributed by atoms with E-state index in [4.69, 9.17) is 5.73 Å². The molecule has 0 saturated heterocycles. The minimum atomic E-state index is -4.55. The highest BCUT2D eigenvalue weighted by molar-refractivity contribution is 5.99. The summed E-state index contributed by atoms with van der Waals surface area (Å²) in [7, 11) is 0. The van der Waals surface area contributed by atoms with Crippen molar-refractivity contribution in [3.63, 3.8) is 0 Å². The number of hydrogen-bond acceptors (Lipinski definition) is 3. The van der Waals surface area contributed by atoms with Gasteiger partial charge in [-0.15, -0.1) is 0 Å². The molecule has 0 fully saturated rings. The van der Waals surface area contributed by atoms with Crippen molar-refractivity contribution in [2.45, 2.75) is 32.6 Å². The second-order valence-corrected chi connectivity index (χ2v) is 5.69. The van der Waals surface area contributed by atoms with Gasteiger partial charge in [0.25, 0.3) is 5.91 Å². The number of alkyl halides is 3.